The number of allylic oxidation sites excluding steroid dienone is 2. The number of anilines is 1. The van der Waals surface area contributed by atoms with Gasteiger partial charge in [-0.1, -0.05) is 0 Å². The first-order valence-corrected chi connectivity index (χ1v) is 12.2. The Labute approximate surface area is 208 Å². The Morgan fingerprint density at radius 1 is 1.17 bits per heavy atom. The Balaban J connectivity index is 1.65. The van der Waals surface area contributed by atoms with Crippen molar-refractivity contribution in [2.45, 2.75) is 44.2 Å². The molecule has 1 amide bonds. The second-order valence-electron chi connectivity index (χ2n) is 10.5. The molecule has 1 aliphatic heterocycles. The second-order valence-corrected chi connectivity index (χ2v) is 10.5. The van der Waals surface area contributed by atoms with Crippen molar-refractivity contribution < 1.29 is 34.8 Å². The Morgan fingerprint density at radius 3 is 2.44 bits per heavy atom. The van der Waals surface area contributed by atoms with E-state index in [9.17, 15) is 34.8 Å². The van der Waals surface area contributed by atoms with Gasteiger partial charge in [0.15, 0.2) is 11.4 Å². The summed E-state index contributed by atoms with van der Waals surface area (Å²) in [6, 6.07) is 1.89. The number of Topliss-reactive ketones (excluding diaryl/α,β-unsaturated/α-hetero) is 2. The number of ketones is 2. The largest absolute Gasteiger partial charge is 0.511 e. The van der Waals surface area contributed by atoms with E-state index in [1.165, 1.54) is 0 Å². The van der Waals surface area contributed by atoms with Crippen LogP contribution in [0, 0.1) is 11.8 Å². The molecule has 1 fully saturated rings. The second kappa shape index (κ2) is 8.35. The molecule has 6 N–H and O–H groups in total. The van der Waals surface area contributed by atoms with E-state index >= 15 is 0 Å². The molecule has 192 valence electrons. The van der Waals surface area contributed by atoms with Crippen LogP contribution in [0.5, 0.6) is 5.75 Å². The lowest BCUT2D eigenvalue weighted by Crippen LogP contribution is -2.57. The molecular formula is C26H31N3O7. The fraction of sp³-hybridized carbons (Fsp3) is 0.500. The Kier molecular flexibility index (Phi) is 5.64. The number of benzene rings is 1. The quantitative estimate of drug-likeness (QED) is 0.385. The summed E-state index contributed by atoms with van der Waals surface area (Å²) in [6.45, 7) is 2.27. The van der Waals surface area contributed by atoms with Gasteiger partial charge >= 0.3 is 0 Å². The summed E-state index contributed by atoms with van der Waals surface area (Å²) in [5.74, 6) is -6.09. The van der Waals surface area contributed by atoms with Gasteiger partial charge in [-0.2, -0.15) is 0 Å². The highest BCUT2D eigenvalue weighted by atomic mass is 16.3. The minimum atomic E-state index is -2.55. The van der Waals surface area contributed by atoms with Gasteiger partial charge in [0.2, 0.25) is 5.78 Å². The van der Waals surface area contributed by atoms with Crippen LogP contribution >= 0.6 is 0 Å². The maximum Gasteiger partial charge on any atom is 0.255 e. The number of hydrogen-bond donors (Lipinski definition) is 5. The van der Waals surface area contributed by atoms with Crippen LogP contribution in [0.3, 0.4) is 0 Å². The van der Waals surface area contributed by atoms with Gasteiger partial charge in [0.25, 0.3) is 5.91 Å². The van der Waals surface area contributed by atoms with Crippen LogP contribution in [-0.4, -0.2) is 75.6 Å². The summed E-state index contributed by atoms with van der Waals surface area (Å²) in [5, 5.41) is 44.1. The normalized spacial score (nSPS) is 28.2. The number of amides is 1. The van der Waals surface area contributed by atoms with Crippen molar-refractivity contribution in [1.82, 2.24) is 4.90 Å². The highest BCUT2D eigenvalue weighted by Crippen LogP contribution is 2.52. The number of carbonyl (C=O) groups is 3. The van der Waals surface area contributed by atoms with Crippen molar-refractivity contribution in [2.24, 2.45) is 17.6 Å². The number of fused-ring (bicyclic) bond motifs is 3. The first kappa shape index (κ1) is 24.3. The summed E-state index contributed by atoms with van der Waals surface area (Å²) < 4.78 is 0. The number of aromatic hydroxyl groups is 1. The van der Waals surface area contributed by atoms with Gasteiger partial charge in [0.05, 0.1) is 5.56 Å². The van der Waals surface area contributed by atoms with Gasteiger partial charge in [-0.25, -0.2) is 0 Å². The molecule has 4 aliphatic rings. The molecule has 3 atom stereocenters. The number of hydrogen-bond acceptors (Lipinski definition) is 9. The molecule has 0 unspecified atom stereocenters. The van der Waals surface area contributed by atoms with Gasteiger partial charge in [0.1, 0.15) is 22.8 Å². The van der Waals surface area contributed by atoms with Gasteiger partial charge in [-0.15, -0.1) is 0 Å². The monoisotopic (exact) mass is 497 g/mol. The maximum atomic E-state index is 13.9. The maximum absolute atomic E-state index is 13.9. The molecule has 0 spiro atoms. The molecule has 0 bridgehead atoms. The SMILES string of the molecule is CN(C)c1cc(CN2CCCC2)c(O)c2c1C[C@H]1C[C@H]3CC(O)=C(C(N)=O)C(=O)[C@@]3(O)C(O)=C1C2=O. The number of nitrogens with zero attached hydrogens (tertiary/aromatic N) is 2. The Morgan fingerprint density at radius 2 is 1.83 bits per heavy atom. The number of rotatable bonds is 4. The number of carbonyl (C=O) groups excluding carboxylic acids is 3. The summed E-state index contributed by atoms with van der Waals surface area (Å²) in [6.07, 6.45) is 2.30. The fourth-order valence-electron chi connectivity index (χ4n) is 6.42. The summed E-state index contributed by atoms with van der Waals surface area (Å²) >= 11 is 0. The molecule has 0 aromatic heterocycles. The predicted octanol–water partition coefficient (Wildman–Crippen LogP) is 1.24. The van der Waals surface area contributed by atoms with Crippen molar-refractivity contribution in [3.8, 4) is 5.75 Å². The third-order valence-corrected chi connectivity index (χ3v) is 8.19. The molecular weight excluding hydrogens is 466 g/mol. The fourth-order valence-corrected chi connectivity index (χ4v) is 6.42. The zero-order chi connectivity index (χ0) is 26.1. The van der Waals surface area contributed by atoms with Gasteiger partial charge in [0, 0.05) is 49.8 Å². The van der Waals surface area contributed by atoms with Crippen molar-refractivity contribution >= 4 is 23.2 Å². The number of aliphatic hydroxyl groups is 3. The number of primary amides is 1. The van der Waals surface area contributed by atoms with E-state index < -0.39 is 52.0 Å². The Hall–Kier alpha value is -3.37. The van der Waals surface area contributed by atoms with Gasteiger partial charge in [-0.05, 0) is 56.3 Å². The van der Waals surface area contributed by atoms with Gasteiger partial charge in [-0.3, -0.25) is 19.3 Å². The van der Waals surface area contributed by atoms with Crippen LogP contribution in [0.1, 0.15) is 47.2 Å². The lowest BCUT2D eigenvalue weighted by Gasteiger charge is -2.46. The van der Waals surface area contributed by atoms with Crippen LogP contribution in [0.25, 0.3) is 0 Å². The Bertz CT molecular complexity index is 1260. The number of nitrogens with two attached hydrogens (primary N) is 1. The minimum absolute atomic E-state index is 0.0621. The molecule has 0 saturated carbocycles. The van der Waals surface area contributed by atoms with Gasteiger partial charge < -0.3 is 31.1 Å². The topological polar surface area (TPSA) is 165 Å². The average molecular weight is 498 g/mol. The van der Waals surface area contributed by atoms with Crippen molar-refractivity contribution in [3.63, 3.8) is 0 Å². The molecule has 1 heterocycles. The smallest absolute Gasteiger partial charge is 0.255 e. The van der Waals surface area contributed by atoms with E-state index in [4.69, 9.17) is 5.73 Å². The first-order chi connectivity index (χ1) is 17.0. The number of phenolic OH excluding ortho intramolecular Hbond substituents is 1. The van der Waals surface area contributed by atoms with E-state index in [2.05, 4.69) is 4.90 Å². The highest BCUT2D eigenvalue weighted by molar-refractivity contribution is 6.24. The van der Waals surface area contributed by atoms with E-state index in [-0.39, 0.29) is 29.7 Å². The van der Waals surface area contributed by atoms with Crippen molar-refractivity contribution in [2.75, 3.05) is 32.1 Å². The molecule has 3 aliphatic carbocycles. The molecule has 36 heavy (non-hydrogen) atoms. The predicted molar refractivity (Wildman–Crippen MR) is 130 cm³/mol. The lowest BCUT2D eigenvalue weighted by molar-refractivity contribution is -0.144. The summed E-state index contributed by atoms with van der Waals surface area (Å²) in [7, 11) is 3.71. The number of aliphatic hydroxyl groups excluding tert-OH is 2. The lowest BCUT2D eigenvalue weighted by atomic mass is 9.60. The molecule has 10 nitrogen and oxygen atoms in total. The zero-order valence-corrected chi connectivity index (χ0v) is 20.4. The summed E-state index contributed by atoms with van der Waals surface area (Å²) in [5.41, 5.74) is 3.86. The van der Waals surface area contributed by atoms with E-state index in [0.717, 1.165) is 31.6 Å². The van der Waals surface area contributed by atoms with E-state index in [1.807, 2.05) is 25.1 Å². The third kappa shape index (κ3) is 3.35. The van der Waals surface area contributed by atoms with Crippen molar-refractivity contribution in [3.05, 3.63) is 45.4 Å². The first-order valence-electron chi connectivity index (χ1n) is 12.2. The standard InChI is InChI=1S/C26H31N3O7/c1-28(2)16-9-13(11-29-5-3-4-6-29)21(31)19-15(16)8-12-7-14-10-17(30)20(25(27)35)24(34)26(14,36)23(33)18(12)22(19)32/h9,12,14,30-31,33,36H,3-8,10-11H2,1-2H3,(H2,27,35)/t12-,14+,26+/m1/s1. The summed E-state index contributed by atoms with van der Waals surface area (Å²) in [4.78, 5) is 42.8. The van der Waals surface area contributed by atoms with E-state index in [0.29, 0.717) is 24.1 Å². The average Bonchev–Trinajstić information content (AvgIpc) is 3.30. The van der Waals surface area contributed by atoms with E-state index in [1.54, 1.807) is 0 Å². The zero-order valence-electron chi connectivity index (χ0n) is 20.4. The minimum Gasteiger partial charge on any atom is -0.511 e. The van der Waals surface area contributed by atoms with Crippen LogP contribution in [-0.2, 0) is 22.6 Å². The molecule has 1 aromatic rings. The molecule has 5 rings (SSSR count). The van der Waals surface area contributed by atoms with Crippen LogP contribution < -0.4 is 10.6 Å². The molecule has 1 aromatic carbocycles. The highest BCUT2D eigenvalue weighted by Gasteiger charge is 2.59. The van der Waals surface area contributed by atoms with Crippen molar-refractivity contribution in [1.29, 1.82) is 0 Å². The third-order valence-electron chi connectivity index (χ3n) is 8.19. The van der Waals surface area contributed by atoms with Crippen LogP contribution in [0.4, 0.5) is 5.69 Å². The molecule has 0 radical (unpaired) electrons. The molecule has 1 saturated heterocycles. The number of phenols is 1. The molecule has 10 heteroatoms. The van der Waals surface area contributed by atoms with Crippen LogP contribution in [0.15, 0.2) is 28.7 Å². The van der Waals surface area contributed by atoms with Crippen LogP contribution in [0.2, 0.25) is 0 Å². The number of likely N-dealkylation sites (tertiary alicyclic amines) is 1.